The molecule has 0 saturated carbocycles. The Morgan fingerprint density at radius 3 is 2.85 bits per heavy atom. The van der Waals surface area contributed by atoms with E-state index in [-0.39, 0.29) is 11.8 Å². The molecule has 0 bridgehead atoms. The number of nitrogens with zero attached hydrogens (tertiary/aromatic N) is 2. The van der Waals surface area contributed by atoms with Gasteiger partial charge in [0.15, 0.2) is 0 Å². The average Bonchev–Trinajstić information content (AvgIpc) is 3.56. The van der Waals surface area contributed by atoms with Gasteiger partial charge in [-0.05, 0) is 61.9 Å². The van der Waals surface area contributed by atoms with E-state index >= 15 is 0 Å². The van der Waals surface area contributed by atoms with E-state index in [1.165, 1.54) is 11.3 Å². The first kappa shape index (κ1) is 23.7. The first-order chi connectivity index (χ1) is 16.1. The topological polar surface area (TPSA) is 71.1 Å². The van der Waals surface area contributed by atoms with E-state index in [1.54, 1.807) is 4.90 Å². The van der Waals surface area contributed by atoms with Gasteiger partial charge in [-0.25, -0.2) is 0 Å². The standard InChI is InChI=1S/C25H33N3O4S/c1-27(20-9-13-31-14-10-20)12-15-32-21-6-2-5-19(17-21)18-26-24(29)22-7-3-11-28(22)25(30)23-8-4-16-33-23/h2,4-6,8,16-17,20,22H,3,7,9-15,18H2,1H3,(H,26,29)/t22-/m0/s1. The number of hydrogen-bond donors (Lipinski definition) is 1. The van der Waals surface area contributed by atoms with Gasteiger partial charge in [0.2, 0.25) is 5.91 Å². The zero-order valence-electron chi connectivity index (χ0n) is 19.2. The second-order valence-electron chi connectivity index (χ2n) is 8.67. The predicted octanol–water partition coefficient (Wildman–Crippen LogP) is 3.16. The molecule has 2 aliphatic rings. The molecule has 2 fully saturated rings. The van der Waals surface area contributed by atoms with E-state index < -0.39 is 6.04 Å². The highest BCUT2D eigenvalue weighted by atomic mass is 32.1. The van der Waals surface area contributed by atoms with Crippen LogP contribution in [0.1, 0.15) is 40.9 Å². The molecule has 1 aromatic heterocycles. The molecule has 2 amide bonds. The van der Waals surface area contributed by atoms with Gasteiger partial charge in [0.05, 0.1) is 4.88 Å². The van der Waals surface area contributed by atoms with Crippen LogP contribution in [0.4, 0.5) is 0 Å². The Morgan fingerprint density at radius 2 is 2.06 bits per heavy atom. The lowest BCUT2D eigenvalue weighted by atomic mass is 10.1. The van der Waals surface area contributed by atoms with E-state index in [9.17, 15) is 9.59 Å². The number of nitrogens with one attached hydrogen (secondary N) is 1. The molecule has 2 saturated heterocycles. The molecule has 4 rings (SSSR count). The summed E-state index contributed by atoms with van der Waals surface area (Å²) < 4.78 is 11.4. The molecule has 0 aliphatic carbocycles. The highest BCUT2D eigenvalue weighted by Crippen LogP contribution is 2.23. The lowest BCUT2D eigenvalue weighted by Crippen LogP contribution is -2.45. The van der Waals surface area contributed by atoms with E-state index in [1.807, 2.05) is 41.8 Å². The van der Waals surface area contributed by atoms with E-state index in [0.29, 0.717) is 37.0 Å². The quantitative estimate of drug-likeness (QED) is 0.608. The normalized spacial score (nSPS) is 19.1. The van der Waals surface area contributed by atoms with Crippen molar-refractivity contribution in [3.8, 4) is 5.75 Å². The molecular formula is C25H33N3O4S. The van der Waals surface area contributed by atoms with Crippen molar-refractivity contribution in [3.63, 3.8) is 0 Å². The average molecular weight is 472 g/mol. The minimum Gasteiger partial charge on any atom is -0.492 e. The SMILES string of the molecule is CN(CCOc1cccc(CNC(=O)[C@@H]2CCCN2C(=O)c2cccs2)c1)C1CCOCC1. The number of amides is 2. The van der Waals surface area contributed by atoms with Crippen molar-refractivity contribution in [1.29, 1.82) is 0 Å². The van der Waals surface area contributed by atoms with Crippen LogP contribution in [0.15, 0.2) is 41.8 Å². The molecule has 3 heterocycles. The number of hydrogen-bond acceptors (Lipinski definition) is 6. The molecule has 0 spiro atoms. The highest BCUT2D eigenvalue weighted by molar-refractivity contribution is 7.12. The summed E-state index contributed by atoms with van der Waals surface area (Å²) in [5.41, 5.74) is 0.979. The number of likely N-dealkylation sites (tertiary alicyclic amines) is 1. The van der Waals surface area contributed by atoms with Gasteiger partial charge < -0.3 is 19.7 Å². The van der Waals surface area contributed by atoms with E-state index in [0.717, 1.165) is 50.3 Å². The van der Waals surface area contributed by atoms with Crippen molar-refractivity contribution in [3.05, 3.63) is 52.2 Å². The molecule has 1 N–H and O–H groups in total. The van der Waals surface area contributed by atoms with Crippen LogP contribution in [0.3, 0.4) is 0 Å². The summed E-state index contributed by atoms with van der Waals surface area (Å²) in [6, 6.07) is 11.7. The molecule has 7 nitrogen and oxygen atoms in total. The molecule has 0 unspecified atom stereocenters. The fourth-order valence-corrected chi connectivity index (χ4v) is 5.17. The summed E-state index contributed by atoms with van der Waals surface area (Å²) in [6.07, 6.45) is 3.69. The van der Waals surface area contributed by atoms with Gasteiger partial charge in [0.25, 0.3) is 5.91 Å². The summed E-state index contributed by atoms with van der Waals surface area (Å²) in [4.78, 5) is 30.3. The molecule has 2 aliphatic heterocycles. The van der Waals surface area contributed by atoms with Crippen LogP contribution in [0, 0.1) is 0 Å². The van der Waals surface area contributed by atoms with Crippen LogP contribution >= 0.6 is 11.3 Å². The molecule has 1 atom stereocenters. The fourth-order valence-electron chi connectivity index (χ4n) is 4.49. The number of carbonyl (C=O) groups excluding carboxylic acids is 2. The van der Waals surface area contributed by atoms with Crippen molar-refractivity contribution in [2.24, 2.45) is 0 Å². The van der Waals surface area contributed by atoms with Gasteiger partial charge in [0, 0.05) is 38.9 Å². The first-order valence-corrected chi connectivity index (χ1v) is 12.6. The number of thiophene rings is 1. The summed E-state index contributed by atoms with van der Waals surface area (Å²) in [7, 11) is 2.14. The third-order valence-electron chi connectivity index (χ3n) is 6.44. The monoisotopic (exact) mass is 471 g/mol. The third kappa shape index (κ3) is 6.34. The van der Waals surface area contributed by atoms with Crippen molar-refractivity contribution < 1.29 is 19.1 Å². The molecular weight excluding hydrogens is 438 g/mol. The Balaban J connectivity index is 1.24. The van der Waals surface area contributed by atoms with Crippen molar-refractivity contribution in [1.82, 2.24) is 15.1 Å². The van der Waals surface area contributed by atoms with E-state index in [2.05, 4.69) is 17.3 Å². The Bertz CT molecular complexity index is 914. The smallest absolute Gasteiger partial charge is 0.264 e. The largest absolute Gasteiger partial charge is 0.492 e. The van der Waals surface area contributed by atoms with Crippen LogP contribution < -0.4 is 10.1 Å². The summed E-state index contributed by atoms with van der Waals surface area (Å²) in [6.45, 7) is 4.19. The highest BCUT2D eigenvalue weighted by Gasteiger charge is 2.34. The maximum atomic E-state index is 12.8. The number of ether oxygens (including phenoxy) is 2. The van der Waals surface area contributed by atoms with Crippen molar-refractivity contribution >= 4 is 23.2 Å². The van der Waals surface area contributed by atoms with Crippen LogP contribution in [-0.2, 0) is 16.1 Å². The Labute approximate surface area is 199 Å². The van der Waals surface area contributed by atoms with Crippen LogP contribution in [0.5, 0.6) is 5.75 Å². The third-order valence-corrected chi connectivity index (χ3v) is 7.30. The van der Waals surface area contributed by atoms with Crippen LogP contribution in [0.25, 0.3) is 0 Å². The van der Waals surface area contributed by atoms with Gasteiger partial charge in [-0.2, -0.15) is 0 Å². The molecule has 0 radical (unpaired) electrons. The minimum atomic E-state index is -0.403. The van der Waals surface area contributed by atoms with Gasteiger partial charge in [-0.3, -0.25) is 14.5 Å². The lowest BCUT2D eigenvalue weighted by molar-refractivity contribution is -0.125. The number of carbonyl (C=O) groups is 2. The summed E-state index contributed by atoms with van der Waals surface area (Å²) in [5.74, 6) is 0.656. The maximum absolute atomic E-state index is 12.8. The molecule has 1 aromatic carbocycles. The van der Waals surface area contributed by atoms with Gasteiger partial charge >= 0.3 is 0 Å². The van der Waals surface area contributed by atoms with Crippen molar-refractivity contribution in [2.75, 3.05) is 40.0 Å². The Hall–Kier alpha value is -2.42. The molecule has 8 heteroatoms. The molecule has 2 aromatic rings. The summed E-state index contributed by atoms with van der Waals surface area (Å²) in [5, 5.41) is 4.90. The summed E-state index contributed by atoms with van der Waals surface area (Å²) >= 11 is 1.41. The second kappa shape index (κ2) is 11.6. The lowest BCUT2D eigenvalue weighted by Gasteiger charge is -2.31. The van der Waals surface area contributed by atoms with Gasteiger partial charge in [-0.15, -0.1) is 11.3 Å². The van der Waals surface area contributed by atoms with Crippen LogP contribution in [0.2, 0.25) is 0 Å². The zero-order chi connectivity index (χ0) is 23.0. The second-order valence-corrected chi connectivity index (χ2v) is 9.62. The maximum Gasteiger partial charge on any atom is 0.264 e. The Kier molecular flexibility index (Phi) is 8.36. The fraction of sp³-hybridized carbons (Fsp3) is 0.520. The zero-order valence-corrected chi connectivity index (χ0v) is 20.0. The van der Waals surface area contributed by atoms with Gasteiger partial charge in [-0.1, -0.05) is 18.2 Å². The van der Waals surface area contributed by atoms with Gasteiger partial charge in [0.1, 0.15) is 18.4 Å². The van der Waals surface area contributed by atoms with Crippen LogP contribution in [-0.4, -0.2) is 73.7 Å². The van der Waals surface area contributed by atoms with Crippen molar-refractivity contribution in [2.45, 2.75) is 44.3 Å². The Morgan fingerprint density at radius 1 is 1.21 bits per heavy atom. The minimum absolute atomic E-state index is 0.0521. The number of likely N-dealkylation sites (N-methyl/N-ethyl adjacent to an activating group) is 1. The first-order valence-electron chi connectivity index (χ1n) is 11.7. The molecule has 178 valence electrons. The number of rotatable bonds is 9. The predicted molar refractivity (Wildman–Crippen MR) is 129 cm³/mol. The van der Waals surface area contributed by atoms with E-state index in [4.69, 9.17) is 9.47 Å². The number of benzene rings is 1. The molecule has 33 heavy (non-hydrogen) atoms.